The Morgan fingerprint density at radius 2 is 2.12 bits per heavy atom. The van der Waals surface area contributed by atoms with Crippen LogP contribution in [-0.2, 0) is 22.5 Å². The molecule has 1 aliphatic rings. The van der Waals surface area contributed by atoms with Crippen LogP contribution in [0.15, 0.2) is 53.1 Å². The summed E-state index contributed by atoms with van der Waals surface area (Å²) in [7, 11) is 0. The Labute approximate surface area is 142 Å². The van der Waals surface area contributed by atoms with E-state index in [9.17, 15) is 4.79 Å². The minimum Gasteiger partial charge on any atom is -0.469 e. The van der Waals surface area contributed by atoms with E-state index in [1.54, 1.807) is 6.26 Å². The van der Waals surface area contributed by atoms with E-state index >= 15 is 0 Å². The van der Waals surface area contributed by atoms with Gasteiger partial charge in [-0.15, -0.1) is 0 Å². The van der Waals surface area contributed by atoms with Gasteiger partial charge in [-0.3, -0.25) is 9.69 Å². The van der Waals surface area contributed by atoms with E-state index in [0.29, 0.717) is 19.6 Å². The molecule has 1 aromatic carbocycles. The zero-order valence-electron chi connectivity index (χ0n) is 14.0. The highest BCUT2D eigenvalue weighted by Gasteiger charge is 2.27. The quantitative estimate of drug-likeness (QED) is 0.883. The maximum absolute atomic E-state index is 12.4. The minimum atomic E-state index is -0.415. The normalized spacial score (nSPS) is 19.8. The van der Waals surface area contributed by atoms with Gasteiger partial charge < -0.3 is 14.5 Å². The van der Waals surface area contributed by atoms with Gasteiger partial charge in [0.1, 0.15) is 11.9 Å². The zero-order valence-corrected chi connectivity index (χ0v) is 14.0. The Kier molecular flexibility index (Phi) is 5.67. The Morgan fingerprint density at radius 1 is 1.29 bits per heavy atom. The maximum atomic E-state index is 12.4. The summed E-state index contributed by atoms with van der Waals surface area (Å²) in [6.45, 7) is 4.87. The molecule has 1 amide bonds. The fourth-order valence-corrected chi connectivity index (χ4v) is 2.96. The first-order chi connectivity index (χ1) is 11.7. The van der Waals surface area contributed by atoms with Crippen LogP contribution < -0.4 is 5.32 Å². The van der Waals surface area contributed by atoms with Gasteiger partial charge in [0.2, 0.25) is 0 Å². The summed E-state index contributed by atoms with van der Waals surface area (Å²) in [5.74, 6) is 0.824. The number of nitrogens with zero attached hydrogens (tertiary/aromatic N) is 1. The van der Waals surface area contributed by atoms with Gasteiger partial charge in [-0.25, -0.2) is 0 Å². The summed E-state index contributed by atoms with van der Waals surface area (Å²) in [5, 5.41) is 3.02. The molecule has 0 radical (unpaired) electrons. The lowest BCUT2D eigenvalue weighted by Gasteiger charge is -2.32. The second-order valence-electron chi connectivity index (χ2n) is 6.27. The Bertz CT molecular complexity index is 627. The maximum Gasteiger partial charge on any atom is 0.250 e. The molecule has 5 nitrogen and oxygen atoms in total. The first-order valence-electron chi connectivity index (χ1n) is 8.41. The second-order valence-corrected chi connectivity index (χ2v) is 6.27. The van der Waals surface area contributed by atoms with Gasteiger partial charge in [0.05, 0.1) is 12.9 Å². The fraction of sp³-hybridized carbons (Fsp3) is 0.421. The summed E-state index contributed by atoms with van der Waals surface area (Å²) in [6, 6.07) is 14.1. The highest BCUT2D eigenvalue weighted by Crippen LogP contribution is 2.11. The number of hydrogen-bond donors (Lipinski definition) is 1. The number of hydrogen-bond acceptors (Lipinski definition) is 4. The first kappa shape index (κ1) is 16.7. The van der Waals surface area contributed by atoms with Crippen molar-refractivity contribution in [3.05, 3.63) is 60.1 Å². The highest BCUT2D eigenvalue weighted by molar-refractivity contribution is 5.81. The van der Waals surface area contributed by atoms with E-state index in [0.717, 1.165) is 18.8 Å². The van der Waals surface area contributed by atoms with Crippen molar-refractivity contribution in [3.8, 4) is 0 Å². The SMILES string of the molecule is C[C@H](Cc1ccco1)NC(=O)[C@H]1CN(Cc2ccccc2)CCO1. The number of ether oxygens (including phenoxy) is 1. The van der Waals surface area contributed by atoms with Gasteiger partial charge in [0.15, 0.2) is 0 Å². The lowest BCUT2D eigenvalue weighted by atomic mass is 10.1. The van der Waals surface area contributed by atoms with Crippen molar-refractivity contribution in [1.29, 1.82) is 0 Å². The van der Waals surface area contributed by atoms with Crippen LogP contribution in [0, 0.1) is 0 Å². The Balaban J connectivity index is 1.49. The predicted octanol–water partition coefficient (Wildman–Crippen LogP) is 2.23. The molecule has 0 bridgehead atoms. The molecular weight excluding hydrogens is 304 g/mol. The van der Waals surface area contributed by atoms with Crippen LogP contribution in [0.25, 0.3) is 0 Å². The lowest BCUT2D eigenvalue weighted by Crippen LogP contribution is -2.51. The van der Waals surface area contributed by atoms with Crippen molar-refractivity contribution in [2.75, 3.05) is 19.7 Å². The van der Waals surface area contributed by atoms with E-state index in [2.05, 4.69) is 22.3 Å². The molecule has 2 aromatic rings. The summed E-state index contributed by atoms with van der Waals surface area (Å²) < 4.78 is 11.0. The number of carbonyl (C=O) groups is 1. The van der Waals surface area contributed by atoms with Crippen LogP contribution in [0.2, 0.25) is 0 Å². The number of nitrogens with one attached hydrogen (secondary N) is 1. The average Bonchev–Trinajstić information content (AvgIpc) is 3.09. The van der Waals surface area contributed by atoms with Crippen LogP contribution in [0.1, 0.15) is 18.2 Å². The number of amides is 1. The molecule has 24 heavy (non-hydrogen) atoms. The molecule has 5 heteroatoms. The molecule has 0 spiro atoms. The average molecular weight is 328 g/mol. The third-order valence-electron chi connectivity index (χ3n) is 4.17. The molecule has 1 saturated heterocycles. The number of rotatable bonds is 6. The van der Waals surface area contributed by atoms with Gasteiger partial charge in [-0.1, -0.05) is 30.3 Å². The van der Waals surface area contributed by atoms with Gasteiger partial charge >= 0.3 is 0 Å². The molecule has 1 aromatic heterocycles. The summed E-state index contributed by atoms with van der Waals surface area (Å²) >= 11 is 0. The van der Waals surface area contributed by atoms with Gasteiger partial charge in [0, 0.05) is 32.1 Å². The molecule has 1 fully saturated rings. The van der Waals surface area contributed by atoms with Crippen LogP contribution in [0.5, 0.6) is 0 Å². The Hall–Kier alpha value is -2.11. The number of carbonyl (C=O) groups excluding carboxylic acids is 1. The first-order valence-corrected chi connectivity index (χ1v) is 8.41. The third-order valence-corrected chi connectivity index (χ3v) is 4.17. The molecule has 1 N–H and O–H groups in total. The fourth-order valence-electron chi connectivity index (χ4n) is 2.96. The molecule has 128 valence electrons. The largest absolute Gasteiger partial charge is 0.469 e. The molecule has 0 aliphatic carbocycles. The van der Waals surface area contributed by atoms with Crippen molar-refractivity contribution in [1.82, 2.24) is 10.2 Å². The van der Waals surface area contributed by atoms with Crippen LogP contribution >= 0.6 is 0 Å². The van der Waals surface area contributed by atoms with Gasteiger partial charge in [0.25, 0.3) is 5.91 Å². The number of morpholine rings is 1. The monoisotopic (exact) mass is 328 g/mol. The molecule has 2 heterocycles. The number of furan rings is 1. The van der Waals surface area contributed by atoms with Gasteiger partial charge in [-0.2, -0.15) is 0 Å². The van der Waals surface area contributed by atoms with E-state index in [1.807, 2.05) is 37.3 Å². The third kappa shape index (κ3) is 4.69. The Morgan fingerprint density at radius 3 is 2.88 bits per heavy atom. The smallest absolute Gasteiger partial charge is 0.250 e. The summed E-state index contributed by atoms with van der Waals surface area (Å²) in [4.78, 5) is 14.7. The van der Waals surface area contributed by atoms with E-state index < -0.39 is 6.10 Å². The van der Waals surface area contributed by atoms with Crippen molar-refractivity contribution in [3.63, 3.8) is 0 Å². The zero-order chi connectivity index (χ0) is 16.8. The second kappa shape index (κ2) is 8.13. The molecule has 0 unspecified atom stereocenters. The van der Waals surface area contributed by atoms with Crippen molar-refractivity contribution in [2.45, 2.75) is 32.0 Å². The van der Waals surface area contributed by atoms with Crippen molar-refractivity contribution in [2.24, 2.45) is 0 Å². The molecule has 0 saturated carbocycles. The summed E-state index contributed by atoms with van der Waals surface area (Å²) in [6.07, 6.45) is 1.91. The lowest BCUT2D eigenvalue weighted by molar-refractivity contribution is -0.139. The van der Waals surface area contributed by atoms with Crippen molar-refractivity contribution >= 4 is 5.91 Å². The van der Waals surface area contributed by atoms with E-state index in [4.69, 9.17) is 9.15 Å². The molecule has 2 atom stereocenters. The van der Waals surface area contributed by atoms with E-state index in [1.165, 1.54) is 5.56 Å². The molecule has 1 aliphatic heterocycles. The summed E-state index contributed by atoms with van der Waals surface area (Å²) in [5.41, 5.74) is 1.25. The van der Waals surface area contributed by atoms with Crippen molar-refractivity contribution < 1.29 is 13.9 Å². The van der Waals surface area contributed by atoms with Crippen LogP contribution in [0.3, 0.4) is 0 Å². The molecule has 3 rings (SSSR count). The minimum absolute atomic E-state index is 0.0109. The van der Waals surface area contributed by atoms with Crippen LogP contribution in [-0.4, -0.2) is 42.6 Å². The standard InChI is InChI=1S/C19H24N2O3/c1-15(12-17-8-5-10-23-17)20-19(22)18-14-21(9-11-24-18)13-16-6-3-2-4-7-16/h2-8,10,15,18H,9,11-14H2,1H3,(H,20,22)/t15-,18-/m1/s1. The van der Waals surface area contributed by atoms with Crippen LogP contribution in [0.4, 0.5) is 0 Å². The topological polar surface area (TPSA) is 54.7 Å². The van der Waals surface area contributed by atoms with E-state index in [-0.39, 0.29) is 11.9 Å². The highest BCUT2D eigenvalue weighted by atomic mass is 16.5. The molecular formula is C19H24N2O3. The number of benzene rings is 1. The predicted molar refractivity (Wildman–Crippen MR) is 91.5 cm³/mol. The van der Waals surface area contributed by atoms with Gasteiger partial charge in [-0.05, 0) is 24.6 Å².